The van der Waals surface area contributed by atoms with Gasteiger partial charge in [0.1, 0.15) is 17.6 Å². The molecule has 2 aromatic carbocycles. The number of benzene rings is 2. The molecule has 2 aromatic rings. The zero-order valence-corrected chi connectivity index (χ0v) is 13.2. The first-order valence-electron chi connectivity index (χ1n) is 6.31. The van der Waals surface area contributed by atoms with Gasteiger partial charge in [0.25, 0.3) is 0 Å². The molecule has 0 aliphatic heterocycles. The Bertz CT molecular complexity index is 814. The molecule has 6 nitrogen and oxygen atoms in total. The Labute approximate surface area is 142 Å². The van der Waals surface area contributed by atoms with Gasteiger partial charge in [0, 0.05) is 5.02 Å². The van der Waals surface area contributed by atoms with Crippen LogP contribution in [0.5, 0.6) is 11.5 Å². The Hall–Kier alpha value is -2.75. The van der Waals surface area contributed by atoms with E-state index in [1.54, 1.807) is 48.5 Å². The fourth-order valence-electron chi connectivity index (χ4n) is 1.58. The van der Waals surface area contributed by atoms with Crippen LogP contribution in [0.2, 0.25) is 10.0 Å². The van der Waals surface area contributed by atoms with E-state index in [-0.39, 0.29) is 5.71 Å². The van der Waals surface area contributed by atoms with Crippen molar-refractivity contribution in [3.8, 4) is 17.6 Å². The number of hydrazone groups is 1. The normalized spacial score (nSPS) is 10.7. The van der Waals surface area contributed by atoms with Crippen molar-refractivity contribution < 1.29 is 4.74 Å². The fraction of sp³-hybridized carbons (Fsp3) is 0. The summed E-state index contributed by atoms with van der Waals surface area (Å²) in [5.41, 5.74) is 8.09. The van der Waals surface area contributed by atoms with Gasteiger partial charge in [-0.2, -0.15) is 10.4 Å². The SMILES string of the molecule is N#C/C(=N\Nc1ccc(Oc2cccc(Cl)c2)c(Cl)c1)C(=N)N. The van der Waals surface area contributed by atoms with Crippen molar-refractivity contribution in [1.82, 2.24) is 0 Å². The summed E-state index contributed by atoms with van der Waals surface area (Å²) in [7, 11) is 0. The summed E-state index contributed by atoms with van der Waals surface area (Å²) in [5.74, 6) is 0.573. The minimum Gasteiger partial charge on any atom is -0.456 e. The number of amidine groups is 1. The van der Waals surface area contributed by atoms with Crippen molar-refractivity contribution in [2.24, 2.45) is 10.8 Å². The average molecular weight is 348 g/mol. The number of nitrogens with one attached hydrogen (secondary N) is 2. The maximum Gasteiger partial charge on any atom is 0.201 e. The zero-order valence-electron chi connectivity index (χ0n) is 11.7. The van der Waals surface area contributed by atoms with Gasteiger partial charge in [-0.1, -0.05) is 29.3 Å². The number of ether oxygens (including phenoxy) is 1. The summed E-state index contributed by atoms with van der Waals surface area (Å²) < 4.78 is 5.64. The molecule has 0 fully saturated rings. The Kier molecular flexibility index (Phi) is 5.41. The lowest BCUT2D eigenvalue weighted by molar-refractivity contribution is 0.483. The van der Waals surface area contributed by atoms with Crippen LogP contribution in [0.3, 0.4) is 0 Å². The number of nitriles is 1. The van der Waals surface area contributed by atoms with Gasteiger partial charge in [0.05, 0.1) is 10.7 Å². The predicted octanol–water partition coefficient (Wildman–Crippen LogP) is 4.01. The van der Waals surface area contributed by atoms with Crippen LogP contribution in [0.25, 0.3) is 0 Å². The van der Waals surface area contributed by atoms with Crippen LogP contribution in [-0.4, -0.2) is 11.5 Å². The zero-order chi connectivity index (χ0) is 16.8. The van der Waals surface area contributed by atoms with Crippen molar-refractivity contribution >= 4 is 40.4 Å². The van der Waals surface area contributed by atoms with Gasteiger partial charge in [0.2, 0.25) is 5.71 Å². The molecule has 23 heavy (non-hydrogen) atoms. The predicted molar refractivity (Wildman–Crippen MR) is 91.6 cm³/mol. The first-order valence-corrected chi connectivity index (χ1v) is 7.06. The minimum atomic E-state index is -0.424. The highest BCUT2D eigenvalue weighted by Gasteiger charge is 2.06. The minimum absolute atomic E-state index is 0.222. The van der Waals surface area contributed by atoms with E-state index in [9.17, 15) is 0 Å². The summed E-state index contributed by atoms with van der Waals surface area (Å²) in [6.07, 6.45) is 0. The molecule has 116 valence electrons. The maximum atomic E-state index is 8.76. The van der Waals surface area contributed by atoms with Crippen molar-refractivity contribution in [2.45, 2.75) is 0 Å². The molecule has 0 spiro atoms. The molecule has 0 unspecified atom stereocenters. The van der Waals surface area contributed by atoms with E-state index >= 15 is 0 Å². The van der Waals surface area contributed by atoms with Gasteiger partial charge in [-0.3, -0.25) is 10.8 Å². The van der Waals surface area contributed by atoms with Gasteiger partial charge in [-0.25, -0.2) is 0 Å². The maximum absolute atomic E-state index is 8.76. The number of halogens is 2. The van der Waals surface area contributed by atoms with Gasteiger partial charge >= 0.3 is 0 Å². The van der Waals surface area contributed by atoms with Crippen molar-refractivity contribution in [3.63, 3.8) is 0 Å². The second-order valence-corrected chi connectivity index (χ2v) is 5.15. The molecule has 0 aliphatic rings. The molecule has 0 bridgehead atoms. The highest BCUT2D eigenvalue weighted by atomic mass is 35.5. The topological polar surface area (TPSA) is 107 Å². The Morgan fingerprint density at radius 3 is 2.65 bits per heavy atom. The van der Waals surface area contributed by atoms with Crippen molar-refractivity contribution in [3.05, 3.63) is 52.5 Å². The monoisotopic (exact) mass is 347 g/mol. The summed E-state index contributed by atoms with van der Waals surface area (Å²) in [5, 5.41) is 20.5. The standard InChI is InChI=1S/C15H11Cl2N5O/c16-9-2-1-3-11(6-9)23-14-5-4-10(7-12(14)17)21-22-13(8-18)15(19)20/h1-7,21H,(H3,19,20)/b22-13+. The van der Waals surface area contributed by atoms with Crippen LogP contribution in [0.15, 0.2) is 47.6 Å². The molecular weight excluding hydrogens is 337 g/mol. The van der Waals surface area contributed by atoms with E-state index in [1.165, 1.54) is 0 Å². The van der Waals surface area contributed by atoms with Gasteiger partial charge in [-0.15, -0.1) is 0 Å². The smallest absolute Gasteiger partial charge is 0.201 e. The van der Waals surface area contributed by atoms with E-state index in [4.69, 9.17) is 44.3 Å². The number of nitrogens with two attached hydrogens (primary N) is 1. The van der Waals surface area contributed by atoms with Gasteiger partial charge in [0.15, 0.2) is 5.84 Å². The third-order valence-corrected chi connectivity index (χ3v) is 3.14. The second kappa shape index (κ2) is 7.49. The van der Waals surface area contributed by atoms with E-state index in [1.807, 2.05) is 0 Å². The molecule has 0 aromatic heterocycles. The molecular formula is C15H11Cl2N5O. The molecule has 0 aliphatic carbocycles. The van der Waals surface area contributed by atoms with Crippen LogP contribution in [0.1, 0.15) is 0 Å². The van der Waals surface area contributed by atoms with E-state index < -0.39 is 5.84 Å². The van der Waals surface area contributed by atoms with Crippen LogP contribution in [-0.2, 0) is 0 Å². The number of hydrogen-bond acceptors (Lipinski definition) is 5. The molecule has 0 saturated heterocycles. The fourth-order valence-corrected chi connectivity index (χ4v) is 1.98. The summed E-state index contributed by atoms with van der Waals surface area (Å²) in [6, 6.07) is 13.5. The number of anilines is 1. The summed E-state index contributed by atoms with van der Waals surface area (Å²) >= 11 is 12.0. The van der Waals surface area contributed by atoms with Crippen LogP contribution >= 0.6 is 23.2 Å². The lowest BCUT2D eigenvalue weighted by atomic mass is 10.3. The summed E-state index contributed by atoms with van der Waals surface area (Å²) in [4.78, 5) is 0. The first kappa shape index (κ1) is 16.6. The molecule has 0 heterocycles. The first-order chi connectivity index (χ1) is 11.0. The number of rotatable bonds is 5. The lowest BCUT2D eigenvalue weighted by Gasteiger charge is -2.09. The Balaban J connectivity index is 2.15. The Morgan fingerprint density at radius 2 is 2.04 bits per heavy atom. The molecule has 4 N–H and O–H groups in total. The molecule has 0 atom stereocenters. The number of hydrogen-bond donors (Lipinski definition) is 3. The van der Waals surface area contributed by atoms with E-state index in [0.29, 0.717) is 27.2 Å². The molecule has 0 amide bonds. The highest BCUT2D eigenvalue weighted by molar-refractivity contribution is 6.45. The van der Waals surface area contributed by atoms with Crippen LogP contribution in [0, 0.1) is 16.7 Å². The van der Waals surface area contributed by atoms with Gasteiger partial charge in [-0.05, 0) is 36.4 Å². The van der Waals surface area contributed by atoms with Crippen LogP contribution in [0.4, 0.5) is 5.69 Å². The third kappa shape index (κ3) is 4.61. The van der Waals surface area contributed by atoms with Crippen LogP contribution < -0.4 is 15.9 Å². The third-order valence-electron chi connectivity index (χ3n) is 2.61. The quantitative estimate of drug-likeness (QED) is 0.431. The largest absolute Gasteiger partial charge is 0.456 e. The molecule has 0 saturated carbocycles. The number of nitrogens with zero attached hydrogens (tertiary/aromatic N) is 2. The summed E-state index contributed by atoms with van der Waals surface area (Å²) in [6.45, 7) is 0. The Morgan fingerprint density at radius 1 is 1.26 bits per heavy atom. The lowest BCUT2D eigenvalue weighted by Crippen LogP contribution is -2.21. The molecule has 2 rings (SSSR count). The van der Waals surface area contributed by atoms with Crippen molar-refractivity contribution in [1.29, 1.82) is 10.7 Å². The average Bonchev–Trinajstić information content (AvgIpc) is 2.50. The van der Waals surface area contributed by atoms with E-state index in [0.717, 1.165) is 0 Å². The van der Waals surface area contributed by atoms with Crippen molar-refractivity contribution in [2.75, 3.05) is 5.43 Å². The molecule has 0 radical (unpaired) electrons. The van der Waals surface area contributed by atoms with E-state index in [2.05, 4.69) is 10.5 Å². The second-order valence-electron chi connectivity index (χ2n) is 4.30. The van der Waals surface area contributed by atoms with Gasteiger partial charge < -0.3 is 10.5 Å². The molecule has 8 heteroatoms. The highest BCUT2D eigenvalue weighted by Crippen LogP contribution is 2.32.